The first-order valence-electron chi connectivity index (χ1n) is 9.92. The lowest BCUT2D eigenvalue weighted by Crippen LogP contribution is -2.43. The fourth-order valence-corrected chi connectivity index (χ4v) is 3.90. The summed E-state index contributed by atoms with van der Waals surface area (Å²) in [5.74, 6) is -0.746. The molecule has 1 aliphatic heterocycles. The summed E-state index contributed by atoms with van der Waals surface area (Å²) in [7, 11) is 0. The number of thioether (sulfide) groups is 1. The SMILES string of the molecule is CSCC[C@H](NC(=O)COc1ccc([C@H]2Cc3ccccc3C(=O)O2)cc1C)C(=O)O. The maximum Gasteiger partial charge on any atom is 0.339 e. The molecule has 0 saturated heterocycles. The van der Waals surface area contributed by atoms with E-state index in [1.165, 1.54) is 11.8 Å². The Hall–Kier alpha value is -3.00. The van der Waals surface area contributed by atoms with Gasteiger partial charge in [-0.05, 0) is 60.2 Å². The molecule has 2 aromatic rings. The van der Waals surface area contributed by atoms with E-state index in [1.807, 2.05) is 43.5 Å². The number of cyclic esters (lactones) is 1. The quantitative estimate of drug-likeness (QED) is 0.574. The number of carbonyl (C=O) groups excluding carboxylic acids is 2. The van der Waals surface area contributed by atoms with E-state index >= 15 is 0 Å². The first kappa shape index (κ1) is 22.7. The van der Waals surface area contributed by atoms with Crippen LogP contribution in [0.4, 0.5) is 0 Å². The Morgan fingerprint density at radius 1 is 1.29 bits per heavy atom. The zero-order valence-electron chi connectivity index (χ0n) is 17.4. The van der Waals surface area contributed by atoms with Crippen molar-refractivity contribution < 1.29 is 29.0 Å². The Kier molecular flexibility index (Phi) is 7.57. The van der Waals surface area contributed by atoms with Crippen LogP contribution in [0.25, 0.3) is 0 Å². The second-order valence-electron chi connectivity index (χ2n) is 7.31. The summed E-state index contributed by atoms with van der Waals surface area (Å²) in [5.41, 5.74) is 3.18. The number of rotatable bonds is 9. The van der Waals surface area contributed by atoms with Crippen LogP contribution in [0.5, 0.6) is 5.75 Å². The van der Waals surface area contributed by atoms with Gasteiger partial charge < -0.3 is 19.9 Å². The molecule has 3 rings (SSSR count). The normalized spacial score (nSPS) is 16.1. The number of amides is 1. The number of fused-ring (bicyclic) bond motifs is 1. The van der Waals surface area contributed by atoms with Crippen LogP contribution in [0.1, 0.15) is 39.6 Å². The summed E-state index contributed by atoms with van der Waals surface area (Å²) in [4.78, 5) is 35.6. The second kappa shape index (κ2) is 10.3. The van der Waals surface area contributed by atoms with E-state index in [0.29, 0.717) is 29.9 Å². The van der Waals surface area contributed by atoms with Crippen LogP contribution in [0.15, 0.2) is 42.5 Å². The number of ether oxygens (including phenoxy) is 2. The molecule has 0 spiro atoms. The van der Waals surface area contributed by atoms with Gasteiger partial charge in [-0.2, -0.15) is 11.8 Å². The molecular weight excluding hydrogens is 418 g/mol. The van der Waals surface area contributed by atoms with Gasteiger partial charge in [0.05, 0.1) is 5.56 Å². The number of benzene rings is 2. The number of hydrogen-bond acceptors (Lipinski definition) is 6. The second-order valence-corrected chi connectivity index (χ2v) is 8.29. The average molecular weight is 444 g/mol. The molecule has 0 aliphatic carbocycles. The molecule has 2 N–H and O–H groups in total. The third-order valence-electron chi connectivity index (χ3n) is 5.07. The summed E-state index contributed by atoms with van der Waals surface area (Å²) in [6.07, 6.45) is 2.44. The minimum Gasteiger partial charge on any atom is -0.484 e. The Labute approximate surface area is 185 Å². The average Bonchev–Trinajstić information content (AvgIpc) is 2.75. The fraction of sp³-hybridized carbons (Fsp3) is 0.348. The fourth-order valence-electron chi connectivity index (χ4n) is 3.42. The third-order valence-corrected chi connectivity index (χ3v) is 5.71. The van der Waals surface area contributed by atoms with Crippen molar-refractivity contribution >= 4 is 29.6 Å². The lowest BCUT2D eigenvalue weighted by molar-refractivity contribution is -0.142. The maximum absolute atomic E-state index is 12.3. The van der Waals surface area contributed by atoms with E-state index in [0.717, 1.165) is 16.7 Å². The number of hydrogen-bond donors (Lipinski definition) is 2. The summed E-state index contributed by atoms with van der Waals surface area (Å²) in [6, 6.07) is 11.9. The molecule has 0 radical (unpaired) electrons. The number of aliphatic carboxylic acids is 1. The van der Waals surface area contributed by atoms with Gasteiger partial charge in [-0.3, -0.25) is 4.79 Å². The molecule has 1 heterocycles. The highest BCUT2D eigenvalue weighted by Gasteiger charge is 2.27. The van der Waals surface area contributed by atoms with Gasteiger partial charge >= 0.3 is 11.9 Å². The summed E-state index contributed by atoms with van der Waals surface area (Å²) in [6.45, 7) is 1.56. The number of esters is 1. The van der Waals surface area contributed by atoms with E-state index in [-0.39, 0.29) is 18.7 Å². The van der Waals surface area contributed by atoms with Gasteiger partial charge in [0.25, 0.3) is 5.91 Å². The van der Waals surface area contributed by atoms with Crippen LogP contribution in [0, 0.1) is 6.92 Å². The van der Waals surface area contributed by atoms with Crippen molar-refractivity contribution in [3.05, 3.63) is 64.7 Å². The molecule has 164 valence electrons. The van der Waals surface area contributed by atoms with Crippen LogP contribution < -0.4 is 10.1 Å². The zero-order chi connectivity index (χ0) is 22.4. The van der Waals surface area contributed by atoms with Gasteiger partial charge in [0.15, 0.2) is 6.61 Å². The zero-order valence-corrected chi connectivity index (χ0v) is 18.2. The highest BCUT2D eigenvalue weighted by molar-refractivity contribution is 7.98. The van der Waals surface area contributed by atoms with Crippen LogP contribution in [0.3, 0.4) is 0 Å². The molecule has 0 saturated carbocycles. The maximum atomic E-state index is 12.3. The lowest BCUT2D eigenvalue weighted by atomic mass is 9.94. The molecule has 1 aliphatic rings. The predicted octanol–water partition coefficient (Wildman–Crippen LogP) is 3.15. The van der Waals surface area contributed by atoms with Crippen molar-refractivity contribution in [3.8, 4) is 5.75 Å². The molecule has 2 aromatic carbocycles. The van der Waals surface area contributed by atoms with E-state index in [9.17, 15) is 19.5 Å². The van der Waals surface area contributed by atoms with Crippen molar-refractivity contribution in [3.63, 3.8) is 0 Å². The molecule has 0 fully saturated rings. The van der Waals surface area contributed by atoms with E-state index in [4.69, 9.17) is 9.47 Å². The number of carboxylic acids is 1. The summed E-state index contributed by atoms with van der Waals surface area (Å²) in [5, 5.41) is 11.7. The van der Waals surface area contributed by atoms with Crippen molar-refractivity contribution in [1.29, 1.82) is 0 Å². The molecule has 0 bridgehead atoms. The van der Waals surface area contributed by atoms with Crippen molar-refractivity contribution in [2.24, 2.45) is 0 Å². The minimum absolute atomic E-state index is 0.283. The first-order chi connectivity index (χ1) is 14.9. The molecule has 2 atom stereocenters. The number of aryl methyl sites for hydroxylation is 1. The topological polar surface area (TPSA) is 102 Å². The van der Waals surface area contributed by atoms with Crippen molar-refractivity contribution in [2.45, 2.75) is 31.9 Å². The minimum atomic E-state index is -1.06. The summed E-state index contributed by atoms with van der Waals surface area (Å²) >= 11 is 1.52. The largest absolute Gasteiger partial charge is 0.484 e. The lowest BCUT2D eigenvalue weighted by Gasteiger charge is -2.25. The van der Waals surface area contributed by atoms with Crippen LogP contribution >= 0.6 is 11.8 Å². The van der Waals surface area contributed by atoms with E-state index in [2.05, 4.69) is 5.32 Å². The van der Waals surface area contributed by atoms with Gasteiger partial charge in [0, 0.05) is 6.42 Å². The molecule has 7 nitrogen and oxygen atoms in total. The standard InChI is InChI=1S/C23H25NO6S/c1-14-11-16(20-12-15-5-3-4-6-17(15)23(28)30-20)7-8-19(14)29-13-21(25)24-18(22(26)27)9-10-31-2/h3-8,11,18,20H,9-10,12-13H2,1-2H3,(H,24,25)(H,26,27)/t18-,20+/m0/s1. The van der Waals surface area contributed by atoms with Crippen molar-refractivity contribution in [1.82, 2.24) is 5.32 Å². The Balaban J connectivity index is 1.60. The first-order valence-corrected chi connectivity index (χ1v) is 11.3. The van der Waals surface area contributed by atoms with E-state index in [1.54, 1.807) is 12.1 Å². The Morgan fingerprint density at radius 2 is 2.06 bits per heavy atom. The number of nitrogens with one attached hydrogen (secondary N) is 1. The Morgan fingerprint density at radius 3 is 2.77 bits per heavy atom. The highest BCUT2D eigenvalue weighted by Crippen LogP contribution is 2.32. The van der Waals surface area contributed by atoms with Crippen molar-refractivity contribution in [2.75, 3.05) is 18.6 Å². The monoisotopic (exact) mass is 443 g/mol. The molecule has 0 unspecified atom stereocenters. The molecule has 8 heteroatoms. The van der Waals surface area contributed by atoms with Gasteiger partial charge in [0.1, 0.15) is 17.9 Å². The van der Waals surface area contributed by atoms with Gasteiger partial charge in [-0.25, -0.2) is 9.59 Å². The van der Waals surface area contributed by atoms with Gasteiger partial charge in [0.2, 0.25) is 0 Å². The molecular formula is C23H25NO6S. The van der Waals surface area contributed by atoms with Gasteiger partial charge in [-0.1, -0.05) is 24.3 Å². The predicted molar refractivity (Wildman–Crippen MR) is 118 cm³/mol. The van der Waals surface area contributed by atoms with Gasteiger partial charge in [-0.15, -0.1) is 0 Å². The van der Waals surface area contributed by atoms with E-state index < -0.39 is 17.9 Å². The van der Waals surface area contributed by atoms with Crippen LogP contribution in [-0.4, -0.2) is 47.6 Å². The molecule has 0 aromatic heterocycles. The van der Waals surface area contributed by atoms with Crippen LogP contribution in [-0.2, 0) is 20.7 Å². The Bertz CT molecular complexity index is 976. The third kappa shape index (κ3) is 5.79. The molecule has 31 heavy (non-hydrogen) atoms. The number of carbonyl (C=O) groups is 3. The highest BCUT2D eigenvalue weighted by atomic mass is 32.2. The number of carboxylic acid groups (broad SMARTS) is 1. The summed E-state index contributed by atoms with van der Waals surface area (Å²) < 4.78 is 11.2. The molecule has 1 amide bonds. The van der Waals surface area contributed by atoms with Crippen LogP contribution in [0.2, 0.25) is 0 Å². The smallest absolute Gasteiger partial charge is 0.339 e.